The van der Waals surface area contributed by atoms with Crippen molar-refractivity contribution in [1.82, 2.24) is 4.90 Å². The molecule has 2 atom stereocenters. The fraction of sp³-hybridized carbons (Fsp3) is 0.333. The number of rotatable bonds is 1. The normalized spacial score (nSPS) is 24.3. The van der Waals surface area contributed by atoms with Crippen molar-refractivity contribution in [2.45, 2.75) is 25.1 Å². The van der Waals surface area contributed by atoms with Crippen LogP contribution in [0.25, 0.3) is 0 Å². The lowest BCUT2D eigenvalue weighted by Crippen LogP contribution is -2.44. The third-order valence-electron chi connectivity index (χ3n) is 4.63. The van der Waals surface area contributed by atoms with Crippen LogP contribution in [0.3, 0.4) is 0 Å². The van der Waals surface area contributed by atoms with Crippen LogP contribution in [0.1, 0.15) is 22.7 Å². The van der Waals surface area contributed by atoms with Gasteiger partial charge in [0.15, 0.2) is 11.6 Å². The van der Waals surface area contributed by atoms with Gasteiger partial charge in [0.05, 0.1) is 6.04 Å². The van der Waals surface area contributed by atoms with Crippen LogP contribution < -0.4 is 4.74 Å². The molecule has 0 radical (unpaired) electrons. The Morgan fingerprint density at radius 2 is 1.91 bits per heavy atom. The number of ether oxygens (including phenoxy) is 1. The second-order valence-electron chi connectivity index (χ2n) is 5.97. The number of hydrogen-bond donors (Lipinski definition) is 1. The summed E-state index contributed by atoms with van der Waals surface area (Å²) in [6, 6.07) is 13.1. The van der Waals surface area contributed by atoms with E-state index in [1.54, 1.807) is 6.07 Å². The summed E-state index contributed by atoms with van der Waals surface area (Å²) in [5.41, 5.74) is 3.39. The lowest BCUT2D eigenvalue weighted by Gasteiger charge is -2.41. The van der Waals surface area contributed by atoms with Crippen LogP contribution in [-0.4, -0.2) is 29.3 Å². The molecule has 2 aromatic carbocycles. The zero-order valence-electron chi connectivity index (χ0n) is 12.2. The van der Waals surface area contributed by atoms with Crippen molar-refractivity contribution < 1.29 is 14.2 Å². The Hall–Kier alpha value is -1.91. The Morgan fingerprint density at radius 3 is 2.77 bits per heavy atom. The van der Waals surface area contributed by atoms with Crippen molar-refractivity contribution in [3.63, 3.8) is 0 Å². The maximum Gasteiger partial charge on any atom is 0.165 e. The fourth-order valence-electron chi connectivity index (χ4n) is 3.57. The van der Waals surface area contributed by atoms with E-state index in [1.807, 2.05) is 12.1 Å². The third kappa shape index (κ3) is 2.19. The molecule has 2 unspecified atom stereocenters. The minimum atomic E-state index is -0.639. The molecule has 0 saturated carbocycles. The first-order valence-electron chi connectivity index (χ1n) is 7.64. The molecule has 2 aliphatic rings. The van der Waals surface area contributed by atoms with Gasteiger partial charge >= 0.3 is 0 Å². The molecule has 4 rings (SSSR count). The van der Waals surface area contributed by atoms with E-state index >= 15 is 0 Å². The number of aliphatic hydroxyl groups excluding tert-OH is 1. The summed E-state index contributed by atoms with van der Waals surface area (Å²) in [5, 5.41) is 10.4. The van der Waals surface area contributed by atoms with Crippen molar-refractivity contribution in [3.05, 3.63) is 65.0 Å². The van der Waals surface area contributed by atoms with Gasteiger partial charge in [0.25, 0.3) is 0 Å². The molecule has 1 N–H and O–H groups in total. The van der Waals surface area contributed by atoms with Gasteiger partial charge in [-0.25, -0.2) is 4.39 Å². The van der Waals surface area contributed by atoms with Crippen molar-refractivity contribution >= 4 is 0 Å². The van der Waals surface area contributed by atoms with E-state index in [4.69, 9.17) is 4.74 Å². The number of hydrogen-bond acceptors (Lipinski definition) is 3. The first-order chi connectivity index (χ1) is 10.7. The van der Waals surface area contributed by atoms with Crippen LogP contribution in [0.5, 0.6) is 5.75 Å². The van der Waals surface area contributed by atoms with Gasteiger partial charge < -0.3 is 9.84 Å². The summed E-state index contributed by atoms with van der Waals surface area (Å²) in [7, 11) is 0. The molecule has 0 spiro atoms. The fourth-order valence-corrected chi connectivity index (χ4v) is 3.57. The van der Waals surface area contributed by atoms with Crippen LogP contribution in [0.2, 0.25) is 0 Å². The zero-order valence-corrected chi connectivity index (χ0v) is 12.2. The molecule has 2 heterocycles. The monoisotopic (exact) mass is 299 g/mol. The maximum atomic E-state index is 14.0. The van der Waals surface area contributed by atoms with E-state index in [0.717, 1.165) is 25.1 Å². The highest BCUT2D eigenvalue weighted by molar-refractivity contribution is 5.40. The molecule has 22 heavy (non-hydrogen) atoms. The minimum absolute atomic E-state index is 0.136. The Bertz CT molecular complexity index is 703. The summed E-state index contributed by atoms with van der Waals surface area (Å²) >= 11 is 0. The number of nitrogens with zero attached hydrogens (tertiary/aromatic N) is 1. The Labute approximate surface area is 128 Å². The van der Waals surface area contributed by atoms with Gasteiger partial charge in [-0.05, 0) is 23.6 Å². The summed E-state index contributed by atoms with van der Waals surface area (Å²) in [4.78, 5) is 2.23. The highest BCUT2D eigenvalue weighted by Crippen LogP contribution is 2.39. The Kier molecular flexibility index (Phi) is 3.36. The van der Waals surface area contributed by atoms with E-state index in [1.165, 1.54) is 17.2 Å². The first-order valence-corrected chi connectivity index (χ1v) is 7.64. The van der Waals surface area contributed by atoms with Crippen LogP contribution in [-0.2, 0) is 13.0 Å². The van der Waals surface area contributed by atoms with Crippen molar-refractivity contribution in [2.75, 3.05) is 13.2 Å². The molecule has 3 nitrogen and oxygen atoms in total. The van der Waals surface area contributed by atoms with Crippen LogP contribution in [0.15, 0.2) is 42.5 Å². The molecular formula is C18H18FNO2. The maximum absolute atomic E-state index is 14.0. The van der Waals surface area contributed by atoms with E-state index in [-0.39, 0.29) is 24.2 Å². The molecule has 114 valence electrons. The second-order valence-corrected chi connectivity index (χ2v) is 5.97. The molecule has 0 saturated heterocycles. The molecule has 4 heteroatoms. The predicted molar refractivity (Wildman–Crippen MR) is 81.2 cm³/mol. The lowest BCUT2D eigenvalue weighted by molar-refractivity contribution is -0.00702. The predicted octanol–water partition coefficient (Wildman–Crippen LogP) is 2.68. The quantitative estimate of drug-likeness (QED) is 0.879. The summed E-state index contributed by atoms with van der Waals surface area (Å²) in [6.45, 7) is 1.76. The van der Waals surface area contributed by atoms with Gasteiger partial charge in [-0.3, -0.25) is 4.90 Å². The topological polar surface area (TPSA) is 32.7 Å². The summed E-state index contributed by atoms with van der Waals surface area (Å²) in [6.07, 6.45) is 0.310. The highest BCUT2D eigenvalue weighted by Gasteiger charge is 2.36. The van der Waals surface area contributed by atoms with Gasteiger partial charge in [-0.1, -0.05) is 36.4 Å². The minimum Gasteiger partial charge on any atom is -0.487 e. The standard InChI is InChI=1S/C18H18FNO2/c19-15-7-3-6-14-17(16(21)11-22-18(14)15)20-9-8-12-4-1-2-5-13(12)10-20/h1-7,16-17,21H,8-11H2. The van der Waals surface area contributed by atoms with Gasteiger partial charge in [0, 0.05) is 18.7 Å². The molecular weight excluding hydrogens is 281 g/mol. The van der Waals surface area contributed by atoms with Crippen LogP contribution >= 0.6 is 0 Å². The van der Waals surface area contributed by atoms with Gasteiger partial charge in [-0.15, -0.1) is 0 Å². The average Bonchev–Trinajstić information content (AvgIpc) is 2.54. The molecule has 0 amide bonds. The highest BCUT2D eigenvalue weighted by atomic mass is 19.1. The largest absolute Gasteiger partial charge is 0.487 e. The SMILES string of the molecule is OC1COc2c(F)cccc2C1N1CCc2ccccc2C1. The van der Waals surface area contributed by atoms with Crippen molar-refractivity contribution in [2.24, 2.45) is 0 Å². The van der Waals surface area contributed by atoms with E-state index in [0.29, 0.717) is 0 Å². The van der Waals surface area contributed by atoms with Crippen LogP contribution in [0.4, 0.5) is 4.39 Å². The number of para-hydroxylation sites is 1. The number of benzene rings is 2. The van der Waals surface area contributed by atoms with Crippen molar-refractivity contribution in [1.29, 1.82) is 0 Å². The van der Waals surface area contributed by atoms with E-state index in [9.17, 15) is 9.50 Å². The van der Waals surface area contributed by atoms with Gasteiger partial charge in [-0.2, -0.15) is 0 Å². The summed E-state index contributed by atoms with van der Waals surface area (Å²) < 4.78 is 19.4. The molecule has 0 fully saturated rings. The Balaban J connectivity index is 1.70. The smallest absolute Gasteiger partial charge is 0.165 e. The number of halogens is 1. The Morgan fingerprint density at radius 1 is 1.09 bits per heavy atom. The summed E-state index contributed by atoms with van der Waals surface area (Å²) in [5.74, 6) is -0.0662. The van der Waals surface area contributed by atoms with Gasteiger partial charge in [0.1, 0.15) is 12.7 Å². The van der Waals surface area contributed by atoms with Crippen LogP contribution in [0, 0.1) is 5.82 Å². The van der Waals surface area contributed by atoms with E-state index < -0.39 is 6.10 Å². The molecule has 0 bridgehead atoms. The lowest BCUT2D eigenvalue weighted by atomic mass is 9.92. The zero-order chi connectivity index (χ0) is 15.1. The number of aliphatic hydroxyl groups is 1. The first kappa shape index (κ1) is 13.7. The van der Waals surface area contributed by atoms with E-state index in [2.05, 4.69) is 23.1 Å². The third-order valence-corrected chi connectivity index (χ3v) is 4.63. The number of fused-ring (bicyclic) bond motifs is 2. The molecule has 2 aromatic rings. The van der Waals surface area contributed by atoms with Crippen molar-refractivity contribution in [3.8, 4) is 5.75 Å². The second kappa shape index (κ2) is 5.38. The molecule has 0 aliphatic carbocycles. The molecule has 2 aliphatic heterocycles. The van der Waals surface area contributed by atoms with Gasteiger partial charge in [0.2, 0.25) is 0 Å². The molecule has 0 aromatic heterocycles. The average molecular weight is 299 g/mol.